The van der Waals surface area contributed by atoms with E-state index in [1.807, 2.05) is 30.3 Å². The summed E-state index contributed by atoms with van der Waals surface area (Å²) in [5.74, 6) is -0.0415. The largest absolute Gasteiger partial charge is 0.478 e. The van der Waals surface area contributed by atoms with Gasteiger partial charge in [-0.15, -0.1) is 0 Å². The zero-order valence-electron chi connectivity index (χ0n) is 20.6. The summed E-state index contributed by atoms with van der Waals surface area (Å²) < 4.78 is 0. The van der Waals surface area contributed by atoms with E-state index in [4.69, 9.17) is 0 Å². The predicted octanol–water partition coefficient (Wildman–Crippen LogP) is 8.12. The van der Waals surface area contributed by atoms with E-state index in [1.165, 1.54) is 44.1 Å². The van der Waals surface area contributed by atoms with Gasteiger partial charge < -0.3 is 15.7 Å². The average molecular weight is 467 g/mol. The van der Waals surface area contributed by atoms with Gasteiger partial charge in [-0.2, -0.15) is 0 Å². The Morgan fingerprint density at radius 2 is 1.29 bits per heavy atom. The molecule has 4 nitrogen and oxygen atoms in total. The van der Waals surface area contributed by atoms with Gasteiger partial charge in [-0.3, -0.25) is 0 Å². The number of anilines is 4. The number of carbonyl (C=O) groups is 1. The first-order valence-corrected chi connectivity index (χ1v) is 12.8. The molecule has 4 saturated carbocycles. The maximum Gasteiger partial charge on any atom is 0.337 e. The molecule has 4 aliphatic rings. The molecule has 3 aromatic rings. The van der Waals surface area contributed by atoms with E-state index in [0.29, 0.717) is 21.9 Å². The third-order valence-electron chi connectivity index (χ3n) is 8.73. The van der Waals surface area contributed by atoms with Crippen LogP contribution < -0.4 is 10.6 Å². The molecular weight excluding hydrogens is 432 g/mol. The first-order chi connectivity index (χ1) is 16.7. The molecule has 0 amide bonds. The average Bonchev–Trinajstić information content (AvgIpc) is 2.79. The molecular formula is C31H34N2O2. The van der Waals surface area contributed by atoms with Gasteiger partial charge in [0.05, 0.1) is 11.3 Å². The highest BCUT2D eigenvalue weighted by atomic mass is 16.4. The Balaban J connectivity index is 1.16. The SMILES string of the molecule is CC12CC3CC(C)(C1)CC(c1ccc(Nc4ccc(Nc5ccccc5C(=O)O)cc4)cc1)(C3)C2. The summed E-state index contributed by atoms with van der Waals surface area (Å²) in [4.78, 5) is 11.5. The van der Waals surface area contributed by atoms with E-state index < -0.39 is 5.97 Å². The number of para-hydroxylation sites is 1. The molecule has 0 aliphatic heterocycles. The van der Waals surface area contributed by atoms with Crippen LogP contribution in [0.4, 0.5) is 22.7 Å². The van der Waals surface area contributed by atoms with Crippen LogP contribution in [-0.4, -0.2) is 11.1 Å². The van der Waals surface area contributed by atoms with Crippen LogP contribution in [0.1, 0.15) is 68.3 Å². The lowest BCUT2D eigenvalue weighted by Crippen LogP contribution is -2.56. The van der Waals surface area contributed by atoms with Crippen molar-refractivity contribution in [2.24, 2.45) is 16.7 Å². The summed E-state index contributed by atoms with van der Waals surface area (Å²) in [6.07, 6.45) is 8.32. The quantitative estimate of drug-likeness (QED) is 0.343. The molecule has 0 spiro atoms. The molecule has 2 unspecified atom stereocenters. The second kappa shape index (κ2) is 7.87. The Morgan fingerprint density at radius 1 is 0.743 bits per heavy atom. The Morgan fingerprint density at radius 3 is 1.86 bits per heavy atom. The molecule has 7 rings (SSSR count). The Labute approximate surface area is 207 Å². The van der Waals surface area contributed by atoms with Crippen LogP contribution in [0.15, 0.2) is 72.8 Å². The molecule has 35 heavy (non-hydrogen) atoms. The number of nitrogens with one attached hydrogen (secondary N) is 2. The number of rotatable bonds is 6. The van der Waals surface area contributed by atoms with E-state index in [9.17, 15) is 9.90 Å². The zero-order valence-corrected chi connectivity index (χ0v) is 20.6. The van der Waals surface area contributed by atoms with Crippen molar-refractivity contribution < 1.29 is 9.90 Å². The molecule has 180 valence electrons. The number of carboxylic acids is 1. The summed E-state index contributed by atoms with van der Waals surface area (Å²) in [5, 5.41) is 16.1. The lowest BCUT2D eigenvalue weighted by molar-refractivity contribution is -0.110. The summed E-state index contributed by atoms with van der Waals surface area (Å²) in [6, 6.07) is 24.1. The van der Waals surface area contributed by atoms with Crippen molar-refractivity contribution in [3.05, 3.63) is 83.9 Å². The highest BCUT2D eigenvalue weighted by molar-refractivity contribution is 5.95. The number of hydrogen-bond donors (Lipinski definition) is 3. The molecule has 3 N–H and O–H groups in total. The molecule has 3 aromatic carbocycles. The third kappa shape index (κ3) is 4.09. The first-order valence-electron chi connectivity index (χ1n) is 12.8. The zero-order chi connectivity index (χ0) is 24.3. The highest BCUT2D eigenvalue weighted by Crippen LogP contribution is 2.69. The maximum absolute atomic E-state index is 11.5. The van der Waals surface area contributed by atoms with Gasteiger partial charge in [-0.05, 0) is 115 Å². The lowest BCUT2D eigenvalue weighted by atomic mass is 9.39. The van der Waals surface area contributed by atoms with Crippen molar-refractivity contribution >= 4 is 28.7 Å². The van der Waals surface area contributed by atoms with Crippen LogP contribution in [0.5, 0.6) is 0 Å². The summed E-state index contributed by atoms with van der Waals surface area (Å²) in [7, 11) is 0. The number of benzene rings is 3. The second-order valence-electron chi connectivity index (χ2n) is 12.2. The fourth-order valence-corrected chi connectivity index (χ4v) is 8.41. The van der Waals surface area contributed by atoms with Crippen LogP contribution in [0.3, 0.4) is 0 Å². The predicted molar refractivity (Wildman–Crippen MR) is 142 cm³/mol. The van der Waals surface area contributed by atoms with Crippen LogP contribution >= 0.6 is 0 Å². The van der Waals surface area contributed by atoms with Crippen molar-refractivity contribution in [2.75, 3.05) is 10.6 Å². The Bertz CT molecular complexity index is 1250. The molecule has 0 saturated heterocycles. The molecule has 2 atom stereocenters. The molecule has 4 heteroatoms. The van der Waals surface area contributed by atoms with Crippen molar-refractivity contribution in [2.45, 2.75) is 57.8 Å². The molecule has 4 fully saturated rings. The summed E-state index contributed by atoms with van der Waals surface area (Å²) in [6.45, 7) is 5.08. The van der Waals surface area contributed by atoms with E-state index in [1.54, 1.807) is 18.2 Å². The minimum absolute atomic E-state index is 0.261. The molecule has 0 aromatic heterocycles. The topological polar surface area (TPSA) is 61.4 Å². The van der Waals surface area contributed by atoms with Crippen molar-refractivity contribution in [3.63, 3.8) is 0 Å². The van der Waals surface area contributed by atoms with Crippen LogP contribution in [0.2, 0.25) is 0 Å². The molecule has 0 heterocycles. The fraction of sp³-hybridized carbons (Fsp3) is 0.387. The molecule has 0 radical (unpaired) electrons. The van der Waals surface area contributed by atoms with Gasteiger partial charge in [0.1, 0.15) is 0 Å². The van der Waals surface area contributed by atoms with Gasteiger partial charge in [-0.25, -0.2) is 4.79 Å². The van der Waals surface area contributed by atoms with Crippen LogP contribution in [-0.2, 0) is 5.41 Å². The van der Waals surface area contributed by atoms with E-state index >= 15 is 0 Å². The minimum Gasteiger partial charge on any atom is -0.478 e. The minimum atomic E-state index is -0.938. The van der Waals surface area contributed by atoms with Gasteiger partial charge in [0.2, 0.25) is 0 Å². The normalized spacial score (nSPS) is 30.7. The smallest absolute Gasteiger partial charge is 0.337 e. The van der Waals surface area contributed by atoms with Crippen molar-refractivity contribution in [1.82, 2.24) is 0 Å². The van der Waals surface area contributed by atoms with Crippen LogP contribution in [0.25, 0.3) is 0 Å². The number of aromatic carboxylic acids is 1. The highest BCUT2D eigenvalue weighted by Gasteiger charge is 2.60. The van der Waals surface area contributed by atoms with Crippen molar-refractivity contribution in [1.29, 1.82) is 0 Å². The van der Waals surface area contributed by atoms with Gasteiger partial charge >= 0.3 is 5.97 Å². The Hall–Kier alpha value is -3.27. The number of carboxylic acid groups (broad SMARTS) is 1. The lowest BCUT2D eigenvalue weighted by Gasteiger charge is -2.65. The van der Waals surface area contributed by atoms with Gasteiger partial charge in [0.15, 0.2) is 0 Å². The second-order valence-corrected chi connectivity index (χ2v) is 12.2. The van der Waals surface area contributed by atoms with Crippen LogP contribution in [0, 0.1) is 16.7 Å². The monoisotopic (exact) mass is 466 g/mol. The van der Waals surface area contributed by atoms with E-state index in [-0.39, 0.29) is 5.56 Å². The first kappa shape index (κ1) is 22.2. The summed E-state index contributed by atoms with van der Waals surface area (Å²) >= 11 is 0. The van der Waals surface area contributed by atoms with Gasteiger partial charge in [0, 0.05) is 17.1 Å². The molecule has 4 bridgehead atoms. The number of hydrogen-bond acceptors (Lipinski definition) is 3. The third-order valence-corrected chi connectivity index (χ3v) is 8.73. The standard InChI is InChI=1S/C31H34N2O2/c1-29-15-21-16-30(2,18-29)20-31(17-21,19-29)22-7-9-23(10-8-22)32-24-11-13-25(14-12-24)33-27-6-4-3-5-26(27)28(34)35/h3-14,21,32-33H,15-20H2,1-2H3,(H,34,35). The fourth-order valence-electron chi connectivity index (χ4n) is 8.41. The summed E-state index contributed by atoms with van der Waals surface area (Å²) in [5.41, 5.74) is 6.72. The van der Waals surface area contributed by atoms with Gasteiger partial charge in [0.25, 0.3) is 0 Å². The molecule has 4 aliphatic carbocycles. The maximum atomic E-state index is 11.5. The van der Waals surface area contributed by atoms with Gasteiger partial charge in [-0.1, -0.05) is 38.1 Å². The van der Waals surface area contributed by atoms with Crippen molar-refractivity contribution in [3.8, 4) is 0 Å². The van der Waals surface area contributed by atoms with E-state index in [0.717, 1.165) is 23.0 Å². The Kier molecular flexibility index (Phi) is 5.00. The van der Waals surface area contributed by atoms with E-state index in [2.05, 4.69) is 48.7 Å².